The van der Waals surface area contributed by atoms with Crippen LogP contribution in [-0.4, -0.2) is 6.04 Å². The molecule has 0 spiro atoms. The standard InChI is InChI=1S/C17H23NO/c1-12-6-5-8-15(10-12)18-13(2)17-11-14-7-3-4-9-16(14)19-17/h3-4,7,9,11-13,15,18H,5-6,8,10H2,1-2H3. The quantitative estimate of drug-likeness (QED) is 0.865. The van der Waals surface area contributed by atoms with Gasteiger partial charge in [-0.25, -0.2) is 0 Å². The Bertz CT molecular complexity index is 512. The summed E-state index contributed by atoms with van der Waals surface area (Å²) in [5.74, 6) is 1.91. The highest BCUT2D eigenvalue weighted by atomic mass is 16.3. The highest BCUT2D eigenvalue weighted by molar-refractivity contribution is 5.77. The lowest BCUT2D eigenvalue weighted by Gasteiger charge is -2.29. The molecule has 19 heavy (non-hydrogen) atoms. The minimum atomic E-state index is 0.294. The number of nitrogens with one attached hydrogen (secondary N) is 1. The van der Waals surface area contributed by atoms with Crippen LogP contribution in [0.3, 0.4) is 0 Å². The second-order valence-electron chi connectivity index (χ2n) is 6.04. The molecule has 3 unspecified atom stereocenters. The van der Waals surface area contributed by atoms with Crippen LogP contribution in [-0.2, 0) is 0 Å². The topological polar surface area (TPSA) is 25.2 Å². The normalized spacial score (nSPS) is 25.6. The molecule has 1 aliphatic rings. The van der Waals surface area contributed by atoms with Crippen molar-refractivity contribution in [3.8, 4) is 0 Å². The SMILES string of the molecule is CC1CCCC(NC(C)c2cc3ccccc3o2)C1. The van der Waals surface area contributed by atoms with Crippen molar-refractivity contribution in [1.29, 1.82) is 0 Å². The maximum atomic E-state index is 5.94. The molecule has 3 atom stereocenters. The number of hydrogen-bond donors (Lipinski definition) is 1. The molecule has 1 aromatic carbocycles. The first-order chi connectivity index (χ1) is 9.22. The summed E-state index contributed by atoms with van der Waals surface area (Å²) in [5.41, 5.74) is 0.989. The van der Waals surface area contributed by atoms with Gasteiger partial charge in [0, 0.05) is 11.4 Å². The molecule has 0 radical (unpaired) electrons. The predicted octanol–water partition coefficient (Wildman–Crippen LogP) is 4.66. The van der Waals surface area contributed by atoms with E-state index in [4.69, 9.17) is 4.42 Å². The third-order valence-electron chi connectivity index (χ3n) is 4.29. The molecule has 1 aliphatic carbocycles. The number of benzene rings is 1. The fourth-order valence-corrected chi connectivity index (χ4v) is 3.24. The van der Waals surface area contributed by atoms with Crippen LogP contribution in [0.1, 0.15) is 51.3 Å². The van der Waals surface area contributed by atoms with Crippen molar-refractivity contribution in [2.45, 2.75) is 51.6 Å². The first-order valence-electron chi connectivity index (χ1n) is 7.47. The summed E-state index contributed by atoms with van der Waals surface area (Å²) in [5, 5.41) is 4.93. The van der Waals surface area contributed by atoms with E-state index in [9.17, 15) is 0 Å². The van der Waals surface area contributed by atoms with Gasteiger partial charge in [-0.1, -0.05) is 38.0 Å². The Morgan fingerprint density at radius 3 is 2.89 bits per heavy atom. The fraction of sp³-hybridized carbons (Fsp3) is 0.529. The molecule has 0 amide bonds. The molecular formula is C17H23NO. The van der Waals surface area contributed by atoms with Crippen molar-refractivity contribution in [2.75, 3.05) is 0 Å². The van der Waals surface area contributed by atoms with E-state index in [0.717, 1.165) is 17.3 Å². The third-order valence-corrected chi connectivity index (χ3v) is 4.29. The van der Waals surface area contributed by atoms with Gasteiger partial charge >= 0.3 is 0 Å². The summed E-state index contributed by atoms with van der Waals surface area (Å²) < 4.78 is 5.94. The van der Waals surface area contributed by atoms with Gasteiger partial charge in [0.05, 0.1) is 6.04 Å². The molecule has 3 rings (SSSR count). The van der Waals surface area contributed by atoms with Crippen LogP contribution < -0.4 is 5.32 Å². The number of rotatable bonds is 3. The molecule has 2 nitrogen and oxygen atoms in total. The van der Waals surface area contributed by atoms with E-state index in [1.165, 1.54) is 31.1 Å². The van der Waals surface area contributed by atoms with Crippen LogP contribution in [0, 0.1) is 5.92 Å². The maximum absolute atomic E-state index is 5.94. The molecule has 1 heterocycles. The Hall–Kier alpha value is -1.28. The summed E-state index contributed by atoms with van der Waals surface area (Å²) in [6, 6.07) is 11.3. The molecule has 1 aromatic heterocycles. The smallest absolute Gasteiger partial charge is 0.134 e. The van der Waals surface area contributed by atoms with Crippen LogP contribution in [0.15, 0.2) is 34.7 Å². The fourth-order valence-electron chi connectivity index (χ4n) is 3.24. The van der Waals surface area contributed by atoms with E-state index in [2.05, 4.69) is 37.4 Å². The Balaban J connectivity index is 1.70. The zero-order valence-electron chi connectivity index (χ0n) is 11.9. The third kappa shape index (κ3) is 2.84. The molecule has 0 aliphatic heterocycles. The van der Waals surface area contributed by atoms with Crippen molar-refractivity contribution < 1.29 is 4.42 Å². The summed E-state index contributed by atoms with van der Waals surface area (Å²) in [6.45, 7) is 4.57. The van der Waals surface area contributed by atoms with Crippen molar-refractivity contribution in [2.24, 2.45) is 5.92 Å². The number of furan rings is 1. The molecule has 1 fully saturated rings. The second-order valence-corrected chi connectivity index (χ2v) is 6.04. The lowest BCUT2D eigenvalue weighted by atomic mass is 9.87. The largest absolute Gasteiger partial charge is 0.459 e. The van der Waals surface area contributed by atoms with Crippen molar-refractivity contribution in [3.63, 3.8) is 0 Å². The monoisotopic (exact) mass is 257 g/mol. The average molecular weight is 257 g/mol. The maximum Gasteiger partial charge on any atom is 0.134 e. The van der Waals surface area contributed by atoms with Gasteiger partial charge in [-0.3, -0.25) is 0 Å². The summed E-state index contributed by atoms with van der Waals surface area (Å²) in [4.78, 5) is 0. The molecule has 102 valence electrons. The van der Waals surface area contributed by atoms with E-state index < -0.39 is 0 Å². The van der Waals surface area contributed by atoms with Gasteiger partial charge in [-0.05, 0) is 37.8 Å². The van der Waals surface area contributed by atoms with Crippen LogP contribution in [0.4, 0.5) is 0 Å². The summed E-state index contributed by atoms with van der Waals surface area (Å²) >= 11 is 0. The second kappa shape index (κ2) is 5.38. The van der Waals surface area contributed by atoms with E-state index >= 15 is 0 Å². The van der Waals surface area contributed by atoms with Crippen LogP contribution >= 0.6 is 0 Å². The average Bonchev–Trinajstić information content (AvgIpc) is 2.82. The Morgan fingerprint density at radius 2 is 2.11 bits per heavy atom. The Kier molecular flexibility index (Phi) is 3.61. The number of fused-ring (bicyclic) bond motifs is 1. The van der Waals surface area contributed by atoms with E-state index in [1.807, 2.05) is 12.1 Å². The van der Waals surface area contributed by atoms with Gasteiger partial charge in [0.1, 0.15) is 11.3 Å². The van der Waals surface area contributed by atoms with Gasteiger partial charge in [0.15, 0.2) is 0 Å². The van der Waals surface area contributed by atoms with Gasteiger partial charge in [0.2, 0.25) is 0 Å². The van der Waals surface area contributed by atoms with Crippen LogP contribution in [0.25, 0.3) is 11.0 Å². The van der Waals surface area contributed by atoms with Crippen LogP contribution in [0.2, 0.25) is 0 Å². The van der Waals surface area contributed by atoms with E-state index in [-0.39, 0.29) is 0 Å². The predicted molar refractivity (Wildman–Crippen MR) is 79.2 cm³/mol. The van der Waals surface area contributed by atoms with E-state index in [0.29, 0.717) is 12.1 Å². The van der Waals surface area contributed by atoms with Gasteiger partial charge in [-0.2, -0.15) is 0 Å². The highest BCUT2D eigenvalue weighted by Gasteiger charge is 2.21. The number of para-hydroxylation sites is 1. The van der Waals surface area contributed by atoms with Crippen LogP contribution in [0.5, 0.6) is 0 Å². The summed E-state index contributed by atoms with van der Waals surface area (Å²) in [7, 11) is 0. The number of hydrogen-bond acceptors (Lipinski definition) is 2. The Labute approximate surface area is 115 Å². The van der Waals surface area contributed by atoms with Crippen molar-refractivity contribution in [1.82, 2.24) is 5.32 Å². The zero-order valence-corrected chi connectivity index (χ0v) is 11.9. The minimum Gasteiger partial charge on any atom is -0.459 e. The van der Waals surface area contributed by atoms with E-state index in [1.54, 1.807) is 0 Å². The molecule has 1 N–H and O–H groups in total. The molecule has 2 aromatic rings. The van der Waals surface area contributed by atoms with Gasteiger partial charge < -0.3 is 9.73 Å². The van der Waals surface area contributed by atoms with Crippen molar-refractivity contribution in [3.05, 3.63) is 36.1 Å². The highest BCUT2D eigenvalue weighted by Crippen LogP contribution is 2.28. The molecule has 2 heteroatoms. The lowest BCUT2D eigenvalue weighted by Crippen LogP contribution is -2.35. The summed E-state index contributed by atoms with van der Waals surface area (Å²) in [6.07, 6.45) is 5.34. The van der Waals surface area contributed by atoms with Gasteiger partial charge in [-0.15, -0.1) is 0 Å². The first-order valence-corrected chi connectivity index (χ1v) is 7.47. The zero-order chi connectivity index (χ0) is 13.2. The molecule has 0 saturated heterocycles. The van der Waals surface area contributed by atoms with Gasteiger partial charge in [0.25, 0.3) is 0 Å². The first kappa shape index (κ1) is 12.7. The Morgan fingerprint density at radius 1 is 1.26 bits per heavy atom. The molecular weight excluding hydrogens is 234 g/mol. The minimum absolute atomic E-state index is 0.294. The van der Waals surface area contributed by atoms with Crippen molar-refractivity contribution >= 4 is 11.0 Å². The lowest BCUT2D eigenvalue weighted by molar-refractivity contribution is 0.276. The molecule has 0 bridgehead atoms. The molecule has 1 saturated carbocycles.